The van der Waals surface area contributed by atoms with E-state index in [0.717, 1.165) is 4.88 Å². The number of rotatable bonds is 6. The van der Waals surface area contributed by atoms with Gasteiger partial charge in [0.25, 0.3) is 0 Å². The highest BCUT2D eigenvalue weighted by atomic mass is 32.1. The Kier molecular flexibility index (Phi) is 5.58. The fourth-order valence-electron chi connectivity index (χ4n) is 1.54. The summed E-state index contributed by atoms with van der Waals surface area (Å²) in [7, 11) is 0. The maximum atomic E-state index is 11.8. The average molecular weight is 266 g/mol. The van der Waals surface area contributed by atoms with Crippen LogP contribution >= 0.6 is 11.3 Å². The molecule has 1 aromatic rings. The molecule has 1 N–H and O–H groups in total. The lowest BCUT2D eigenvalue weighted by atomic mass is 10.2. The molecule has 0 aliphatic carbocycles. The number of nitrogens with zero attached hydrogens (tertiary/aromatic N) is 1. The molecule has 0 fully saturated rings. The predicted octanol–water partition coefficient (Wildman–Crippen LogP) is 1.96. The van der Waals surface area contributed by atoms with Crippen molar-refractivity contribution in [2.75, 3.05) is 13.1 Å². The van der Waals surface area contributed by atoms with Crippen LogP contribution in [0.25, 0.3) is 0 Å². The number of likely N-dealkylation sites (N-methyl/N-ethyl adjacent to an activating group) is 1. The third-order valence-electron chi connectivity index (χ3n) is 2.55. The SMILES string of the molecule is C=CC(=O)N(CC)CC(=O)N[C@@H](C)c1cccs1. The van der Waals surface area contributed by atoms with Gasteiger partial charge >= 0.3 is 0 Å². The molecule has 0 aliphatic rings. The fraction of sp³-hybridized carbons (Fsp3) is 0.385. The van der Waals surface area contributed by atoms with Crippen LogP contribution in [0.4, 0.5) is 0 Å². The number of carbonyl (C=O) groups excluding carboxylic acids is 2. The van der Waals surface area contributed by atoms with Gasteiger partial charge in [0.15, 0.2) is 0 Å². The van der Waals surface area contributed by atoms with E-state index >= 15 is 0 Å². The smallest absolute Gasteiger partial charge is 0.246 e. The molecule has 0 saturated carbocycles. The second-order valence-corrected chi connectivity index (χ2v) is 4.84. The van der Waals surface area contributed by atoms with E-state index in [4.69, 9.17) is 0 Å². The van der Waals surface area contributed by atoms with Crippen LogP contribution in [0, 0.1) is 0 Å². The van der Waals surface area contributed by atoms with Gasteiger partial charge in [-0.1, -0.05) is 12.6 Å². The molecule has 2 amide bonds. The van der Waals surface area contributed by atoms with Crippen molar-refractivity contribution in [2.24, 2.45) is 0 Å². The Labute approximate surface area is 111 Å². The van der Waals surface area contributed by atoms with Crippen LogP contribution in [0.1, 0.15) is 24.8 Å². The van der Waals surface area contributed by atoms with Crippen molar-refractivity contribution >= 4 is 23.2 Å². The summed E-state index contributed by atoms with van der Waals surface area (Å²) < 4.78 is 0. The van der Waals surface area contributed by atoms with Gasteiger partial charge in [-0.15, -0.1) is 11.3 Å². The summed E-state index contributed by atoms with van der Waals surface area (Å²) in [6.45, 7) is 7.73. The van der Waals surface area contributed by atoms with Gasteiger partial charge in [0.05, 0.1) is 12.6 Å². The van der Waals surface area contributed by atoms with Crippen molar-refractivity contribution < 1.29 is 9.59 Å². The third-order valence-corrected chi connectivity index (χ3v) is 3.60. The number of thiophene rings is 1. The zero-order chi connectivity index (χ0) is 13.5. The van der Waals surface area contributed by atoms with E-state index in [-0.39, 0.29) is 24.4 Å². The van der Waals surface area contributed by atoms with Gasteiger partial charge in [0.1, 0.15) is 0 Å². The van der Waals surface area contributed by atoms with Crippen molar-refractivity contribution in [3.05, 3.63) is 35.0 Å². The molecule has 98 valence electrons. The lowest BCUT2D eigenvalue weighted by molar-refractivity contribution is -0.132. The molecule has 0 unspecified atom stereocenters. The number of nitrogens with one attached hydrogen (secondary N) is 1. The van der Waals surface area contributed by atoms with E-state index in [2.05, 4.69) is 11.9 Å². The molecule has 18 heavy (non-hydrogen) atoms. The summed E-state index contributed by atoms with van der Waals surface area (Å²) in [5, 5.41) is 4.84. The van der Waals surface area contributed by atoms with Crippen molar-refractivity contribution in [1.29, 1.82) is 0 Å². The van der Waals surface area contributed by atoms with Crippen LogP contribution < -0.4 is 5.32 Å². The molecule has 0 aromatic carbocycles. The number of carbonyl (C=O) groups is 2. The molecule has 0 aliphatic heterocycles. The first-order chi connectivity index (χ1) is 8.58. The molecule has 5 heteroatoms. The van der Waals surface area contributed by atoms with Gasteiger partial charge in [0.2, 0.25) is 11.8 Å². The third kappa shape index (κ3) is 4.00. The Morgan fingerprint density at radius 3 is 2.83 bits per heavy atom. The topological polar surface area (TPSA) is 49.4 Å². The molecule has 1 heterocycles. The second-order valence-electron chi connectivity index (χ2n) is 3.86. The summed E-state index contributed by atoms with van der Waals surface area (Å²) >= 11 is 1.60. The Hall–Kier alpha value is -1.62. The van der Waals surface area contributed by atoms with Crippen molar-refractivity contribution in [2.45, 2.75) is 19.9 Å². The average Bonchev–Trinajstić information content (AvgIpc) is 2.88. The summed E-state index contributed by atoms with van der Waals surface area (Å²) in [6, 6.07) is 3.89. The van der Waals surface area contributed by atoms with E-state index in [9.17, 15) is 9.59 Å². The van der Waals surface area contributed by atoms with Gasteiger partial charge in [-0.3, -0.25) is 9.59 Å². The summed E-state index contributed by atoms with van der Waals surface area (Å²) in [4.78, 5) is 25.8. The zero-order valence-corrected chi connectivity index (χ0v) is 11.5. The van der Waals surface area contributed by atoms with Crippen molar-refractivity contribution in [3.63, 3.8) is 0 Å². The molecule has 1 aromatic heterocycles. The van der Waals surface area contributed by atoms with Crippen LogP contribution in [0.15, 0.2) is 30.2 Å². The Morgan fingerprint density at radius 2 is 2.33 bits per heavy atom. The first-order valence-electron chi connectivity index (χ1n) is 5.82. The normalized spacial score (nSPS) is 11.7. The highest BCUT2D eigenvalue weighted by Gasteiger charge is 2.15. The number of hydrogen-bond donors (Lipinski definition) is 1. The van der Waals surface area contributed by atoms with Gasteiger partial charge < -0.3 is 10.2 Å². The molecule has 4 nitrogen and oxygen atoms in total. The van der Waals surface area contributed by atoms with E-state index in [1.807, 2.05) is 31.4 Å². The minimum absolute atomic E-state index is 0.0324. The summed E-state index contributed by atoms with van der Waals surface area (Å²) in [5.41, 5.74) is 0. The highest BCUT2D eigenvalue weighted by molar-refractivity contribution is 7.10. The lowest BCUT2D eigenvalue weighted by Gasteiger charge is -2.20. The largest absolute Gasteiger partial charge is 0.347 e. The molecular formula is C13H18N2O2S. The number of amides is 2. The zero-order valence-electron chi connectivity index (χ0n) is 10.7. The minimum atomic E-state index is -0.226. The molecule has 1 atom stereocenters. The van der Waals surface area contributed by atoms with E-state index in [0.29, 0.717) is 6.54 Å². The van der Waals surface area contributed by atoms with Crippen molar-refractivity contribution in [3.8, 4) is 0 Å². The van der Waals surface area contributed by atoms with Crippen LogP contribution in [0.5, 0.6) is 0 Å². The standard InChI is InChI=1S/C13H18N2O2S/c1-4-13(17)15(5-2)9-12(16)14-10(3)11-7-6-8-18-11/h4,6-8,10H,1,5,9H2,2-3H3,(H,14,16)/t10-/m0/s1. The van der Waals surface area contributed by atoms with Gasteiger partial charge in [-0.25, -0.2) is 0 Å². The molecule has 0 radical (unpaired) electrons. The quantitative estimate of drug-likeness (QED) is 0.800. The van der Waals surface area contributed by atoms with E-state index in [1.165, 1.54) is 11.0 Å². The van der Waals surface area contributed by atoms with Crippen molar-refractivity contribution in [1.82, 2.24) is 10.2 Å². The Morgan fingerprint density at radius 1 is 1.61 bits per heavy atom. The maximum absolute atomic E-state index is 11.8. The predicted molar refractivity (Wildman–Crippen MR) is 73.3 cm³/mol. The maximum Gasteiger partial charge on any atom is 0.246 e. The molecule has 0 bridgehead atoms. The highest BCUT2D eigenvalue weighted by Crippen LogP contribution is 2.17. The second kappa shape index (κ2) is 6.96. The monoisotopic (exact) mass is 266 g/mol. The van der Waals surface area contributed by atoms with Crippen LogP contribution in [0.2, 0.25) is 0 Å². The van der Waals surface area contributed by atoms with Gasteiger partial charge in [-0.05, 0) is 31.4 Å². The van der Waals surface area contributed by atoms with Gasteiger partial charge in [-0.2, -0.15) is 0 Å². The van der Waals surface area contributed by atoms with Gasteiger partial charge in [0, 0.05) is 11.4 Å². The van der Waals surface area contributed by atoms with E-state index in [1.54, 1.807) is 11.3 Å². The lowest BCUT2D eigenvalue weighted by Crippen LogP contribution is -2.40. The molecule has 0 spiro atoms. The number of hydrogen-bond acceptors (Lipinski definition) is 3. The molecule has 0 saturated heterocycles. The molecular weight excluding hydrogens is 248 g/mol. The molecule has 1 rings (SSSR count). The van der Waals surface area contributed by atoms with Crippen LogP contribution in [0.3, 0.4) is 0 Å². The fourth-order valence-corrected chi connectivity index (χ4v) is 2.28. The van der Waals surface area contributed by atoms with Crippen LogP contribution in [-0.4, -0.2) is 29.8 Å². The first-order valence-corrected chi connectivity index (χ1v) is 6.70. The first kappa shape index (κ1) is 14.4. The Balaban J connectivity index is 2.50. The Bertz CT molecular complexity index is 415. The van der Waals surface area contributed by atoms with E-state index < -0.39 is 0 Å². The summed E-state index contributed by atoms with van der Waals surface area (Å²) in [5.74, 6) is -0.385. The minimum Gasteiger partial charge on any atom is -0.347 e. The summed E-state index contributed by atoms with van der Waals surface area (Å²) in [6.07, 6.45) is 1.22. The van der Waals surface area contributed by atoms with Crippen LogP contribution in [-0.2, 0) is 9.59 Å².